The highest BCUT2D eigenvalue weighted by Gasteiger charge is 2.09. The Labute approximate surface area is 123 Å². The van der Waals surface area contributed by atoms with Gasteiger partial charge in [-0.25, -0.2) is 4.98 Å². The maximum absolute atomic E-state index is 5.95. The molecule has 0 aliphatic heterocycles. The lowest BCUT2D eigenvalue weighted by Gasteiger charge is -2.10. The first-order valence-corrected chi connectivity index (χ1v) is 6.94. The van der Waals surface area contributed by atoms with E-state index in [0.29, 0.717) is 12.5 Å². The molecule has 2 nitrogen and oxygen atoms in total. The quantitative estimate of drug-likeness (QED) is 0.678. The van der Waals surface area contributed by atoms with E-state index in [2.05, 4.69) is 11.1 Å². The monoisotopic (exact) mass is 283 g/mol. The Hall–Kier alpha value is -2.06. The minimum atomic E-state index is 0.608. The zero-order chi connectivity index (χ0) is 13.9. The lowest BCUT2D eigenvalue weighted by Crippen LogP contribution is -1.96. The maximum atomic E-state index is 5.95. The molecule has 0 amide bonds. The van der Waals surface area contributed by atoms with Crippen LogP contribution in [0.3, 0.4) is 0 Å². The Morgan fingerprint density at radius 1 is 1.00 bits per heavy atom. The van der Waals surface area contributed by atoms with E-state index in [4.69, 9.17) is 16.3 Å². The average Bonchev–Trinajstić information content (AvgIpc) is 2.49. The molecule has 0 aliphatic carbocycles. The van der Waals surface area contributed by atoms with E-state index >= 15 is 0 Å². The first kappa shape index (κ1) is 12.9. The Kier molecular flexibility index (Phi) is 3.57. The molecule has 3 rings (SSSR count). The normalized spacial score (nSPS) is 10.7. The van der Waals surface area contributed by atoms with Crippen molar-refractivity contribution in [3.8, 4) is 17.0 Å². The molecule has 2 aromatic carbocycles. The lowest BCUT2D eigenvalue weighted by atomic mass is 10.0. The van der Waals surface area contributed by atoms with Crippen LogP contribution in [0.1, 0.15) is 6.92 Å². The third-order valence-electron chi connectivity index (χ3n) is 3.19. The van der Waals surface area contributed by atoms with E-state index in [9.17, 15) is 0 Å². The number of rotatable bonds is 3. The van der Waals surface area contributed by atoms with E-state index in [1.54, 1.807) is 0 Å². The fourth-order valence-electron chi connectivity index (χ4n) is 2.28. The summed E-state index contributed by atoms with van der Waals surface area (Å²) in [5.41, 5.74) is 2.18. The molecule has 1 heterocycles. The average molecular weight is 284 g/mol. The van der Waals surface area contributed by atoms with Gasteiger partial charge in [0.25, 0.3) is 0 Å². The molecule has 0 saturated carbocycles. The summed E-state index contributed by atoms with van der Waals surface area (Å²) in [6.07, 6.45) is 1.86. The highest BCUT2D eigenvalue weighted by molar-refractivity contribution is 6.30. The Bertz CT molecular complexity index is 738. The van der Waals surface area contributed by atoms with Gasteiger partial charge in [-0.05, 0) is 36.1 Å². The van der Waals surface area contributed by atoms with E-state index in [1.165, 1.54) is 0 Å². The van der Waals surface area contributed by atoms with Crippen molar-refractivity contribution < 1.29 is 4.74 Å². The van der Waals surface area contributed by atoms with Gasteiger partial charge in [0.1, 0.15) is 0 Å². The van der Waals surface area contributed by atoms with Crippen LogP contribution in [0.25, 0.3) is 21.9 Å². The molecular formula is C17H14ClNO. The summed E-state index contributed by atoms with van der Waals surface area (Å²) in [6.45, 7) is 2.57. The van der Waals surface area contributed by atoms with Crippen molar-refractivity contribution in [2.45, 2.75) is 6.92 Å². The van der Waals surface area contributed by atoms with Gasteiger partial charge in [-0.15, -0.1) is 0 Å². The van der Waals surface area contributed by atoms with Crippen LogP contribution in [0.5, 0.6) is 5.88 Å². The number of hydrogen-bond acceptors (Lipinski definition) is 2. The van der Waals surface area contributed by atoms with Crippen molar-refractivity contribution in [2.75, 3.05) is 6.61 Å². The van der Waals surface area contributed by atoms with Crippen LogP contribution >= 0.6 is 11.6 Å². The first-order valence-electron chi connectivity index (χ1n) is 6.56. The molecule has 0 atom stereocenters. The van der Waals surface area contributed by atoms with Gasteiger partial charge >= 0.3 is 0 Å². The molecule has 100 valence electrons. The van der Waals surface area contributed by atoms with Crippen LogP contribution in [-0.4, -0.2) is 11.6 Å². The van der Waals surface area contributed by atoms with Crippen molar-refractivity contribution in [2.24, 2.45) is 0 Å². The fourth-order valence-corrected chi connectivity index (χ4v) is 2.40. The van der Waals surface area contributed by atoms with Gasteiger partial charge < -0.3 is 4.74 Å². The molecule has 3 aromatic rings. The van der Waals surface area contributed by atoms with Crippen LogP contribution in [0.4, 0.5) is 0 Å². The van der Waals surface area contributed by atoms with Crippen molar-refractivity contribution >= 4 is 22.4 Å². The molecule has 1 aromatic heterocycles. The van der Waals surface area contributed by atoms with E-state index in [1.807, 2.05) is 55.6 Å². The molecule has 0 radical (unpaired) electrons. The van der Waals surface area contributed by atoms with Gasteiger partial charge in [0.2, 0.25) is 5.88 Å². The topological polar surface area (TPSA) is 22.1 Å². The van der Waals surface area contributed by atoms with Crippen molar-refractivity contribution in [1.82, 2.24) is 4.98 Å². The standard InChI is InChI=1S/C17H14ClNO/c1-2-20-17-15-6-4-3-5-14(15)16(11-19-17)12-7-9-13(18)10-8-12/h3-11H,2H2,1H3. The first-order chi connectivity index (χ1) is 9.79. The van der Waals surface area contributed by atoms with Gasteiger partial charge in [0, 0.05) is 22.2 Å². The molecule has 0 saturated heterocycles. The number of fused-ring (bicyclic) bond motifs is 1. The minimum absolute atomic E-state index is 0.608. The molecule has 0 spiro atoms. The number of pyridine rings is 1. The Morgan fingerprint density at radius 3 is 2.40 bits per heavy atom. The van der Waals surface area contributed by atoms with Crippen LogP contribution in [0, 0.1) is 0 Å². The minimum Gasteiger partial charge on any atom is -0.478 e. The predicted octanol–water partition coefficient (Wildman–Crippen LogP) is 4.95. The number of hydrogen-bond donors (Lipinski definition) is 0. The molecule has 0 bridgehead atoms. The molecule has 0 N–H and O–H groups in total. The zero-order valence-electron chi connectivity index (χ0n) is 11.1. The third kappa shape index (κ3) is 2.35. The van der Waals surface area contributed by atoms with Crippen molar-refractivity contribution in [3.63, 3.8) is 0 Å². The number of benzene rings is 2. The molecule has 0 fully saturated rings. The predicted molar refractivity (Wildman–Crippen MR) is 83.4 cm³/mol. The second-order valence-electron chi connectivity index (χ2n) is 4.46. The lowest BCUT2D eigenvalue weighted by molar-refractivity contribution is 0.331. The number of nitrogens with zero attached hydrogens (tertiary/aromatic N) is 1. The third-order valence-corrected chi connectivity index (χ3v) is 3.45. The van der Waals surface area contributed by atoms with Gasteiger partial charge in [-0.2, -0.15) is 0 Å². The highest BCUT2D eigenvalue weighted by atomic mass is 35.5. The summed E-state index contributed by atoms with van der Waals surface area (Å²) in [4.78, 5) is 4.44. The summed E-state index contributed by atoms with van der Waals surface area (Å²) < 4.78 is 5.60. The van der Waals surface area contributed by atoms with Crippen LogP contribution < -0.4 is 4.74 Å². The molecule has 0 aliphatic rings. The second kappa shape index (κ2) is 5.51. The Balaban J connectivity index is 2.22. The highest BCUT2D eigenvalue weighted by Crippen LogP contribution is 2.32. The molecule has 20 heavy (non-hydrogen) atoms. The van der Waals surface area contributed by atoms with Crippen LogP contribution in [0.15, 0.2) is 54.7 Å². The Morgan fingerprint density at radius 2 is 1.70 bits per heavy atom. The van der Waals surface area contributed by atoms with E-state index in [-0.39, 0.29) is 0 Å². The van der Waals surface area contributed by atoms with Gasteiger partial charge in [0.15, 0.2) is 0 Å². The van der Waals surface area contributed by atoms with Crippen LogP contribution in [0.2, 0.25) is 5.02 Å². The van der Waals surface area contributed by atoms with Gasteiger partial charge in [-0.1, -0.05) is 41.9 Å². The van der Waals surface area contributed by atoms with Crippen molar-refractivity contribution in [3.05, 3.63) is 59.8 Å². The van der Waals surface area contributed by atoms with E-state index < -0.39 is 0 Å². The summed E-state index contributed by atoms with van der Waals surface area (Å²) in [5.74, 6) is 0.681. The largest absolute Gasteiger partial charge is 0.478 e. The van der Waals surface area contributed by atoms with Crippen LogP contribution in [-0.2, 0) is 0 Å². The summed E-state index contributed by atoms with van der Waals surface area (Å²) in [5, 5.41) is 2.90. The summed E-state index contributed by atoms with van der Waals surface area (Å²) in [6, 6.07) is 15.9. The number of halogens is 1. The van der Waals surface area contributed by atoms with Gasteiger partial charge in [0.05, 0.1) is 6.61 Å². The zero-order valence-corrected chi connectivity index (χ0v) is 11.9. The second-order valence-corrected chi connectivity index (χ2v) is 4.90. The van der Waals surface area contributed by atoms with Crippen molar-refractivity contribution in [1.29, 1.82) is 0 Å². The number of aromatic nitrogens is 1. The molecule has 0 unspecified atom stereocenters. The SMILES string of the molecule is CCOc1ncc(-c2ccc(Cl)cc2)c2ccccc12. The summed E-state index contributed by atoms with van der Waals surface area (Å²) in [7, 11) is 0. The van der Waals surface area contributed by atoms with Gasteiger partial charge in [-0.3, -0.25) is 0 Å². The van der Waals surface area contributed by atoms with E-state index in [0.717, 1.165) is 26.9 Å². The molecular weight excluding hydrogens is 270 g/mol. The fraction of sp³-hybridized carbons (Fsp3) is 0.118. The molecule has 3 heteroatoms. The maximum Gasteiger partial charge on any atom is 0.221 e. The number of ether oxygens (including phenoxy) is 1. The summed E-state index contributed by atoms with van der Waals surface area (Å²) >= 11 is 5.95. The smallest absolute Gasteiger partial charge is 0.221 e.